The van der Waals surface area contributed by atoms with Crippen LogP contribution in [0, 0.1) is 5.41 Å². The Morgan fingerprint density at radius 3 is 1.70 bits per heavy atom. The summed E-state index contributed by atoms with van der Waals surface area (Å²) in [5, 5.41) is 0. The van der Waals surface area contributed by atoms with Gasteiger partial charge in [0.05, 0.1) is 0 Å². The fourth-order valence-corrected chi connectivity index (χ4v) is 1.92. The summed E-state index contributed by atoms with van der Waals surface area (Å²) in [6.07, 6.45) is -0.464. The Morgan fingerprint density at radius 1 is 1.20 bits per heavy atom. The predicted octanol–water partition coefficient (Wildman–Crippen LogP) is -0.174. The fourth-order valence-electron chi connectivity index (χ4n) is 0.641. The molecule has 1 saturated heterocycles. The van der Waals surface area contributed by atoms with Crippen LogP contribution in [0.4, 0.5) is 0 Å². The normalized spacial score (nSPS) is 26.1. The van der Waals surface area contributed by atoms with Crippen LogP contribution in [0.1, 0.15) is 20.8 Å². The molecule has 0 aromatic rings. The van der Waals surface area contributed by atoms with Gasteiger partial charge >= 0.3 is 9.05 Å². The Hall–Kier alpha value is 0.0569. The lowest BCUT2D eigenvalue weighted by Crippen LogP contribution is -2.63. The highest BCUT2D eigenvalue weighted by molar-refractivity contribution is 6.52. The highest BCUT2D eigenvalue weighted by Crippen LogP contribution is 2.33. The summed E-state index contributed by atoms with van der Waals surface area (Å²) in [7, 11) is -3.62. The van der Waals surface area contributed by atoms with E-state index in [1.54, 1.807) is 0 Å². The van der Waals surface area contributed by atoms with Crippen molar-refractivity contribution in [3.63, 3.8) is 0 Å². The van der Waals surface area contributed by atoms with Crippen molar-refractivity contribution in [3.8, 4) is 0 Å². The quantitative estimate of drug-likeness (QED) is 0.488. The standard InChI is InChI=1S/C5H12O4Si/c1-5(2,3)4-8-10(6,7)9-4/h4,6-7H,1-3H3. The summed E-state index contributed by atoms with van der Waals surface area (Å²) in [6, 6.07) is 0. The first-order valence-electron chi connectivity index (χ1n) is 3.12. The van der Waals surface area contributed by atoms with E-state index in [2.05, 4.69) is 0 Å². The molecule has 10 heavy (non-hydrogen) atoms. The van der Waals surface area contributed by atoms with E-state index in [1.807, 2.05) is 20.8 Å². The molecule has 1 heterocycles. The van der Waals surface area contributed by atoms with Gasteiger partial charge < -0.3 is 18.4 Å². The van der Waals surface area contributed by atoms with Crippen molar-refractivity contribution < 1.29 is 18.4 Å². The van der Waals surface area contributed by atoms with Crippen LogP contribution in [0.3, 0.4) is 0 Å². The van der Waals surface area contributed by atoms with Crippen molar-refractivity contribution in [1.29, 1.82) is 0 Å². The van der Waals surface area contributed by atoms with Crippen LogP contribution >= 0.6 is 0 Å². The van der Waals surface area contributed by atoms with Gasteiger partial charge in [0.1, 0.15) is 0 Å². The molecule has 0 atom stereocenters. The van der Waals surface area contributed by atoms with Gasteiger partial charge in [0.25, 0.3) is 0 Å². The molecule has 1 aliphatic heterocycles. The largest absolute Gasteiger partial charge is 0.678 e. The van der Waals surface area contributed by atoms with Gasteiger partial charge in [-0.1, -0.05) is 20.8 Å². The Labute approximate surface area is 60.9 Å². The molecule has 5 heteroatoms. The maximum atomic E-state index is 8.70. The zero-order valence-electron chi connectivity index (χ0n) is 6.29. The average molecular weight is 164 g/mol. The lowest BCUT2D eigenvalue weighted by molar-refractivity contribution is -0.247. The molecule has 1 fully saturated rings. The second kappa shape index (κ2) is 2.02. The summed E-state index contributed by atoms with van der Waals surface area (Å²) >= 11 is 0. The van der Waals surface area contributed by atoms with E-state index in [9.17, 15) is 0 Å². The van der Waals surface area contributed by atoms with Crippen LogP contribution in [0.2, 0.25) is 0 Å². The van der Waals surface area contributed by atoms with Crippen LogP contribution in [0.25, 0.3) is 0 Å². The van der Waals surface area contributed by atoms with E-state index in [0.717, 1.165) is 0 Å². The highest BCUT2D eigenvalue weighted by atomic mass is 28.4. The monoisotopic (exact) mass is 164 g/mol. The van der Waals surface area contributed by atoms with E-state index in [4.69, 9.17) is 18.4 Å². The zero-order chi connectivity index (χ0) is 7.99. The maximum absolute atomic E-state index is 8.70. The van der Waals surface area contributed by atoms with Gasteiger partial charge in [0.15, 0.2) is 6.29 Å². The van der Waals surface area contributed by atoms with Crippen molar-refractivity contribution in [2.45, 2.75) is 27.1 Å². The molecule has 0 aromatic carbocycles. The van der Waals surface area contributed by atoms with Crippen molar-refractivity contribution in [3.05, 3.63) is 0 Å². The Morgan fingerprint density at radius 2 is 1.60 bits per heavy atom. The first-order valence-corrected chi connectivity index (χ1v) is 4.83. The summed E-state index contributed by atoms with van der Waals surface area (Å²) in [5.41, 5.74) is -0.179. The van der Waals surface area contributed by atoms with Crippen molar-refractivity contribution in [2.24, 2.45) is 5.41 Å². The van der Waals surface area contributed by atoms with Crippen LogP contribution in [-0.2, 0) is 8.85 Å². The molecule has 2 N–H and O–H groups in total. The molecule has 0 bridgehead atoms. The second-order valence-electron chi connectivity index (χ2n) is 3.48. The first kappa shape index (κ1) is 8.16. The van der Waals surface area contributed by atoms with E-state index < -0.39 is 15.3 Å². The lowest BCUT2D eigenvalue weighted by Gasteiger charge is -2.42. The zero-order valence-corrected chi connectivity index (χ0v) is 7.29. The molecule has 0 saturated carbocycles. The minimum atomic E-state index is -3.62. The Kier molecular flexibility index (Phi) is 1.65. The van der Waals surface area contributed by atoms with Gasteiger partial charge in [-0.3, -0.25) is 0 Å². The van der Waals surface area contributed by atoms with Crippen LogP contribution in [-0.4, -0.2) is 24.9 Å². The maximum Gasteiger partial charge on any atom is 0.678 e. The third-order valence-electron chi connectivity index (χ3n) is 1.23. The third-order valence-corrected chi connectivity index (χ3v) is 2.27. The van der Waals surface area contributed by atoms with Gasteiger partial charge in [0, 0.05) is 5.41 Å². The summed E-state index contributed by atoms with van der Waals surface area (Å²) < 4.78 is 9.44. The van der Waals surface area contributed by atoms with E-state index in [0.29, 0.717) is 0 Å². The SMILES string of the molecule is CC(C)(C)C1O[Si](O)(O)O1. The van der Waals surface area contributed by atoms with Crippen molar-refractivity contribution >= 4 is 9.05 Å². The molecule has 0 radical (unpaired) electrons. The highest BCUT2D eigenvalue weighted by Gasteiger charge is 2.56. The lowest BCUT2D eigenvalue weighted by atomic mass is 9.96. The number of hydrogen-bond donors (Lipinski definition) is 2. The minimum absolute atomic E-state index is 0.179. The topological polar surface area (TPSA) is 58.9 Å². The first-order chi connectivity index (χ1) is 4.31. The van der Waals surface area contributed by atoms with Gasteiger partial charge in [0.2, 0.25) is 0 Å². The van der Waals surface area contributed by atoms with Crippen LogP contribution < -0.4 is 0 Å². The van der Waals surface area contributed by atoms with Crippen molar-refractivity contribution in [1.82, 2.24) is 0 Å². The molecule has 0 spiro atoms. The summed E-state index contributed by atoms with van der Waals surface area (Å²) in [6.45, 7) is 5.71. The second-order valence-corrected chi connectivity index (χ2v) is 5.05. The minimum Gasteiger partial charge on any atom is -0.367 e. The molecule has 60 valence electrons. The molecule has 1 rings (SSSR count). The average Bonchev–Trinajstić information content (AvgIpc) is 1.56. The molecule has 4 nitrogen and oxygen atoms in total. The van der Waals surface area contributed by atoms with E-state index in [-0.39, 0.29) is 5.41 Å². The Bertz CT molecular complexity index is 131. The molecule has 0 amide bonds. The third kappa shape index (κ3) is 1.56. The molecule has 1 aliphatic rings. The van der Waals surface area contributed by atoms with Crippen molar-refractivity contribution in [2.75, 3.05) is 0 Å². The predicted molar refractivity (Wildman–Crippen MR) is 35.6 cm³/mol. The molecular formula is C5H12O4Si. The smallest absolute Gasteiger partial charge is 0.367 e. The summed E-state index contributed by atoms with van der Waals surface area (Å²) in [5.74, 6) is 0. The van der Waals surface area contributed by atoms with Crippen LogP contribution in [0.15, 0.2) is 0 Å². The van der Waals surface area contributed by atoms with E-state index >= 15 is 0 Å². The van der Waals surface area contributed by atoms with E-state index in [1.165, 1.54) is 0 Å². The van der Waals surface area contributed by atoms with Crippen LogP contribution in [0.5, 0.6) is 0 Å². The number of hydrogen-bond acceptors (Lipinski definition) is 4. The van der Waals surface area contributed by atoms with Gasteiger partial charge in [-0.25, -0.2) is 0 Å². The fraction of sp³-hybridized carbons (Fsp3) is 1.00. The molecule has 0 aliphatic carbocycles. The molecule has 0 unspecified atom stereocenters. The number of rotatable bonds is 0. The van der Waals surface area contributed by atoms with Gasteiger partial charge in [-0.15, -0.1) is 0 Å². The summed E-state index contributed by atoms with van der Waals surface area (Å²) in [4.78, 5) is 17.4. The van der Waals surface area contributed by atoms with Gasteiger partial charge in [-0.05, 0) is 0 Å². The molecule has 0 aromatic heterocycles. The molecular weight excluding hydrogens is 152 g/mol. The van der Waals surface area contributed by atoms with Gasteiger partial charge in [-0.2, -0.15) is 0 Å². The Balaban J connectivity index is 2.40.